The fourth-order valence-electron chi connectivity index (χ4n) is 3.02. The Hall–Kier alpha value is -1.59. The molecule has 0 bridgehead atoms. The van der Waals surface area contributed by atoms with Gasteiger partial charge >= 0.3 is 0 Å². The van der Waals surface area contributed by atoms with Crippen molar-refractivity contribution in [2.75, 3.05) is 39.4 Å². The van der Waals surface area contributed by atoms with E-state index in [1.165, 1.54) is 22.3 Å². The average molecular weight is 318 g/mol. The molecule has 1 aliphatic rings. The largest absolute Gasteiger partial charge is 0.379 e. The molecule has 1 aromatic carbocycles. The van der Waals surface area contributed by atoms with Gasteiger partial charge in [-0.1, -0.05) is 17.7 Å². The van der Waals surface area contributed by atoms with E-state index in [0.29, 0.717) is 12.5 Å². The first-order valence-electron chi connectivity index (χ1n) is 8.47. The van der Waals surface area contributed by atoms with Crippen molar-refractivity contribution in [2.45, 2.75) is 33.7 Å². The van der Waals surface area contributed by atoms with Gasteiger partial charge in [0.05, 0.1) is 19.8 Å². The fourth-order valence-corrected chi connectivity index (χ4v) is 3.02. The summed E-state index contributed by atoms with van der Waals surface area (Å²) in [6, 6.07) is 4.40. The molecule has 0 spiro atoms. The number of nitrogens with one attached hydrogen (secondary N) is 1. The molecule has 0 atom stereocenters. The number of aliphatic imine (C=N–C) groups is 1. The van der Waals surface area contributed by atoms with Crippen molar-refractivity contribution >= 4 is 5.96 Å². The Morgan fingerprint density at radius 2 is 1.87 bits per heavy atom. The monoisotopic (exact) mass is 318 g/mol. The van der Waals surface area contributed by atoms with E-state index in [1.54, 1.807) is 0 Å². The number of aryl methyl sites for hydroxylation is 3. The van der Waals surface area contributed by atoms with Gasteiger partial charge in [0.15, 0.2) is 5.96 Å². The van der Waals surface area contributed by atoms with Gasteiger partial charge < -0.3 is 15.8 Å². The summed E-state index contributed by atoms with van der Waals surface area (Å²) in [6.45, 7) is 12.8. The number of nitrogens with zero attached hydrogens (tertiary/aromatic N) is 2. The van der Waals surface area contributed by atoms with Crippen LogP contribution in [-0.4, -0.2) is 50.3 Å². The van der Waals surface area contributed by atoms with E-state index in [2.05, 4.69) is 48.1 Å². The van der Waals surface area contributed by atoms with Crippen LogP contribution < -0.4 is 11.1 Å². The maximum absolute atomic E-state index is 5.98. The van der Waals surface area contributed by atoms with Crippen molar-refractivity contribution in [3.05, 3.63) is 34.4 Å². The molecule has 5 heteroatoms. The molecule has 0 amide bonds. The first-order valence-corrected chi connectivity index (χ1v) is 8.47. The van der Waals surface area contributed by atoms with Gasteiger partial charge in [0.1, 0.15) is 0 Å². The molecule has 1 heterocycles. The molecule has 2 rings (SSSR count). The normalized spacial score (nSPS) is 16.6. The van der Waals surface area contributed by atoms with E-state index in [4.69, 9.17) is 10.5 Å². The van der Waals surface area contributed by atoms with Crippen LogP contribution in [0.1, 0.15) is 28.7 Å². The number of ether oxygens (including phenoxy) is 1. The van der Waals surface area contributed by atoms with Gasteiger partial charge in [-0.05, 0) is 50.4 Å². The maximum Gasteiger partial charge on any atom is 0.188 e. The highest BCUT2D eigenvalue weighted by Crippen LogP contribution is 2.17. The predicted molar refractivity (Wildman–Crippen MR) is 95.9 cm³/mol. The Bertz CT molecular complexity index is 513. The van der Waals surface area contributed by atoms with Crippen LogP contribution in [0.15, 0.2) is 17.1 Å². The molecule has 1 fully saturated rings. The number of morpholine rings is 1. The Kier molecular flexibility index (Phi) is 6.86. The lowest BCUT2D eigenvalue weighted by molar-refractivity contribution is 0.0376. The van der Waals surface area contributed by atoms with Gasteiger partial charge in [0.25, 0.3) is 0 Å². The minimum Gasteiger partial charge on any atom is -0.379 e. The lowest BCUT2D eigenvalue weighted by Crippen LogP contribution is -2.39. The quantitative estimate of drug-likeness (QED) is 0.476. The summed E-state index contributed by atoms with van der Waals surface area (Å²) in [4.78, 5) is 6.91. The van der Waals surface area contributed by atoms with E-state index in [9.17, 15) is 0 Å². The van der Waals surface area contributed by atoms with Crippen LogP contribution >= 0.6 is 0 Å². The number of rotatable bonds is 6. The number of hydrogen-bond acceptors (Lipinski definition) is 3. The molecule has 0 radical (unpaired) electrons. The molecule has 128 valence electrons. The van der Waals surface area contributed by atoms with E-state index < -0.39 is 0 Å². The average Bonchev–Trinajstić information content (AvgIpc) is 2.51. The summed E-state index contributed by atoms with van der Waals surface area (Å²) in [5.74, 6) is 0.534. The van der Waals surface area contributed by atoms with Gasteiger partial charge in [-0.3, -0.25) is 4.90 Å². The summed E-state index contributed by atoms with van der Waals surface area (Å²) in [5, 5.41) is 3.21. The van der Waals surface area contributed by atoms with Crippen LogP contribution in [0.3, 0.4) is 0 Å². The van der Waals surface area contributed by atoms with Crippen molar-refractivity contribution in [1.82, 2.24) is 10.2 Å². The van der Waals surface area contributed by atoms with Crippen LogP contribution in [0.2, 0.25) is 0 Å². The SMILES string of the molecule is Cc1cc(C)c(CN=C(N)NCCCN2CCOCC2)c(C)c1. The molecule has 0 aromatic heterocycles. The maximum atomic E-state index is 5.98. The van der Waals surface area contributed by atoms with Crippen LogP contribution in [-0.2, 0) is 11.3 Å². The lowest BCUT2D eigenvalue weighted by Gasteiger charge is -2.26. The number of nitrogens with two attached hydrogens (primary N) is 1. The number of hydrogen-bond donors (Lipinski definition) is 2. The summed E-state index contributed by atoms with van der Waals surface area (Å²) in [6.07, 6.45) is 1.07. The third kappa shape index (κ3) is 5.84. The van der Waals surface area contributed by atoms with Crippen LogP contribution in [0, 0.1) is 20.8 Å². The van der Waals surface area contributed by atoms with Crippen molar-refractivity contribution in [1.29, 1.82) is 0 Å². The fraction of sp³-hybridized carbons (Fsp3) is 0.611. The van der Waals surface area contributed by atoms with Gasteiger partial charge in [0, 0.05) is 19.6 Å². The van der Waals surface area contributed by atoms with Crippen LogP contribution in [0.5, 0.6) is 0 Å². The summed E-state index contributed by atoms with van der Waals surface area (Å²) in [5.41, 5.74) is 11.1. The highest BCUT2D eigenvalue weighted by atomic mass is 16.5. The number of guanidine groups is 1. The zero-order valence-electron chi connectivity index (χ0n) is 14.7. The first kappa shape index (κ1) is 17.8. The Balaban J connectivity index is 1.73. The second-order valence-corrected chi connectivity index (χ2v) is 6.31. The molecule has 1 aromatic rings. The van der Waals surface area contributed by atoms with Gasteiger partial charge in [-0.2, -0.15) is 0 Å². The smallest absolute Gasteiger partial charge is 0.188 e. The van der Waals surface area contributed by atoms with Crippen molar-refractivity contribution in [2.24, 2.45) is 10.7 Å². The molecule has 5 nitrogen and oxygen atoms in total. The van der Waals surface area contributed by atoms with Crippen molar-refractivity contribution in [3.8, 4) is 0 Å². The zero-order valence-corrected chi connectivity index (χ0v) is 14.7. The predicted octanol–water partition coefficient (Wildman–Crippen LogP) is 1.74. The van der Waals surface area contributed by atoms with E-state index in [1.807, 2.05) is 0 Å². The molecule has 0 unspecified atom stereocenters. The lowest BCUT2D eigenvalue weighted by atomic mass is 10.00. The molecular weight excluding hydrogens is 288 g/mol. The van der Waals surface area contributed by atoms with Gasteiger partial charge in [-0.25, -0.2) is 4.99 Å². The summed E-state index contributed by atoms with van der Waals surface area (Å²) >= 11 is 0. The minimum atomic E-state index is 0.534. The highest BCUT2D eigenvalue weighted by molar-refractivity contribution is 5.77. The molecule has 1 saturated heterocycles. The minimum absolute atomic E-state index is 0.534. The first-order chi connectivity index (χ1) is 11.1. The molecule has 3 N–H and O–H groups in total. The second-order valence-electron chi connectivity index (χ2n) is 6.31. The van der Waals surface area contributed by atoms with Crippen LogP contribution in [0.25, 0.3) is 0 Å². The molecule has 0 saturated carbocycles. The van der Waals surface area contributed by atoms with E-state index >= 15 is 0 Å². The van der Waals surface area contributed by atoms with Gasteiger partial charge in [-0.15, -0.1) is 0 Å². The Labute approximate surface area is 139 Å². The van der Waals surface area contributed by atoms with Crippen molar-refractivity contribution in [3.63, 3.8) is 0 Å². The van der Waals surface area contributed by atoms with Crippen molar-refractivity contribution < 1.29 is 4.74 Å². The third-order valence-corrected chi connectivity index (χ3v) is 4.31. The highest BCUT2D eigenvalue weighted by Gasteiger charge is 2.09. The molecular formula is C18H30N4O. The van der Waals surface area contributed by atoms with E-state index in [-0.39, 0.29) is 0 Å². The summed E-state index contributed by atoms with van der Waals surface area (Å²) in [7, 11) is 0. The Morgan fingerprint density at radius 1 is 1.22 bits per heavy atom. The molecule has 0 aliphatic carbocycles. The molecule has 23 heavy (non-hydrogen) atoms. The second kappa shape index (κ2) is 8.89. The standard InChI is InChI=1S/C18H30N4O/c1-14-11-15(2)17(16(3)12-14)13-21-18(19)20-5-4-6-22-7-9-23-10-8-22/h11-12H,4-10,13H2,1-3H3,(H3,19,20,21). The van der Waals surface area contributed by atoms with E-state index in [0.717, 1.165) is 45.8 Å². The topological polar surface area (TPSA) is 62.9 Å². The number of benzene rings is 1. The van der Waals surface area contributed by atoms with Gasteiger partial charge in [0.2, 0.25) is 0 Å². The summed E-state index contributed by atoms with van der Waals surface area (Å²) < 4.78 is 5.35. The van der Waals surface area contributed by atoms with Crippen LogP contribution in [0.4, 0.5) is 0 Å². The third-order valence-electron chi connectivity index (χ3n) is 4.31. The molecule has 1 aliphatic heterocycles. The zero-order chi connectivity index (χ0) is 16.7. The Morgan fingerprint density at radius 3 is 2.52 bits per heavy atom.